The van der Waals surface area contributed by atoms with Gasteiger partial charge in [-0.15, -0.1) is 0 Å². The lowest BCUT2D eigenvalue weighted by Crippen LogP contribution is -2.52. The van der Waals surface area contributed by atoms with Crippen LogP contribution in [0.4, 0.5) is 0 Å². The first-order valence-corrected chi connectivity index (χ1v) is 13.0. The molecule has 4 heteroatoms. The molecule has 0 spiro atoms. The van der Waals surface area contributed by atoms with E-state index in [9.17, 15) is 20.1 Å². The minimum Gasteiger partial charge on any atom is -0.396 e. The van der Waals surface area contributed by atoms with Crippen molar-refractivity contribution < 1.29 is 20.1 Å². The van der Waals surface area contributed by atoms with Crippen LogP contribution in [0.5, 0.6) is 0 Å². The van der Waals surface area contributed by atoms with Crippen LogP contribution in [-0.4, -0.2) is 39.9 Å². The number of hydrogen-bond donors (Lipinski definition) is 3. The van der Waals surface area contributed by atoms with Crippen molar-refractivity contribution in [2.45, 2.75) is 118 Å². The maximum atomic E-state index is 11.6. The van der Waals surface area contributed by atoms with Crippen molar-refractivity contribution in [2.75, 3.05) is 6.61 Å². The highest BCUT2D eigenvalue weighted by molar-refractivity contribution is 5.74. The number of rotatable bonds is 13. The van der Waals surface area contributed by atoms with Crippen LogP contribution >= 0.6 is 0 Å². The van der Waals surface area contributed by atoms with Gasteiger partial charge in [-0.2, -0.15) is 0 Å². The average molecular weight is 475 g/mol. The second kappa shape index (κ2) is 14.2. The van der Waals surface area contributed by atoms with Gasteiger partial charge in [-0.25, -0.2) is 0 Å². The lowest BCUT2D eigenvalue weighted by molar-refractivity contribution is -0.115. The molecule has 1 saturated carbocycles. The van der Waals surface area contributed by atoms with Crippen LogP contribution in [0, 0.1) is 11.3 Å². The summed E-state index contributed by atoms with van der Waals surface area (Å²) in [6, 6.07) is 0. The van der Waals surface area contributed by atoms with Crippen LogP contribution in [0.25, 0.3) is 0 Å². The van der Waals surface area contributed by atoms with Crippen molar-refractivity contribution in [3.05, 3.63) is 46.1 Å². The Kier molecular flexibility index (Phi) is 12.7. The Hall–Kier alpha value is -1.49. The summed E-state index contributed by atoms with van der Waals surface area (Å²) in [4.78, 5) is 11.6. The number of allylic oxidation sites excluding steroid dienone is 6. The van der Waals surface area contributed by atoms with Gasteiger partial charge in [-0.1, -0.05) is 47.4 Å². The molecule has 0 saturated heterocycles. The van der Waals surface area contributed by atoms with Gasteiger partial charge >= 0.3 is 0 Å². The molecular weight excluding hydrogens is 424 g/mol. The summed E-state index contributed by atoms with van der Waals surface area (Å²) < 4.78 is 0. The molecule has 0 unspecified atom stereocenters. The fourth-order valence-electron chi connectivity index (χ4n) is 5.50. The van der Waals surface area contributed by atoms with E-state index in [1.54, 1.807) is 0 Å². The summed E-state index contributed by atoms with van der Waals surface area (Å²) >= 11 is 0. The van der Waals surface area contributed by atoms with Gasteiger partial charge in [-0.05, 0) is 111 Å². The molecule has 0 radical (unpaired) electrons. The van der Waals surface area contributed by atoms with Crippen molar-refractivity contribution >= 4 is 6.29 Å². The molecule has 4 nitrogen and oxygen atoms in total. The summed E-state index contributed by atoms with van der Waals surface area (Å²) in [5, 5.41) is 30.9. The van der Waals surface area contributed by atoms with E-state index in [-0.39, 0.29) is 17.9 Å². The number of carbonyl (C=O) groups is 1. The van der Waals surface area contributed by atoms with Crippen molar-refractivity contribution in [3.8, 4) is 0 Å². The third-order valence-electron chi connectivity index (χ3n) is 7.88. The largest absolute Gasteiger partial charge is 0.396 e. The Morgan fingerprint density at radius 1 is 1.09 bits per heavy atom. The van der Waals surface area contributed by atoms with Crippen LogP contribution in [-0.2, 0) is 4.79 Å². The Bertz CT molecular complexity index is 780. The van der Waals surface area contributed by atoms with Gasteiger partial charge in [0.15, 0.2) is 0 Å². The highest BCUT2D eigenvalue weighted by Gasteiger charge is 2.51. The molecule has 0 heterocycles. The van der Waals surface area contributed by atoms with Crippen LogP contribution < -0.4 is 0 Å². The average Bonchev–Trinajstić information content (AvgIpc) is 2.73. The van der Waals surface area contributed by atoms with Crippen LogP contribution in [0.1, 0.15) is 106 Å². The van der Waals surface area contributed by atoms with Gasteiger partial charge in [-0.3, -0.25) is 4.79 Å². The fourth-order valence-corrected chi connectivity index (χ4v) is 5.50. The maximum absolute atomic E-state index is 11.6. The molecule has 0 amide bonds. The van der Waals surface area contributed by atoms with Gasteiger partial charge in [0.25, 0.3) is 0 Å². The van der Waals surface area contributed by atoms with E-state index >= 15 is 0 Å². The van der Waals surface area contributed by atoms with Crippen LogP contribution in [0.3, 0.4) is 0 Å². The molecule has 0 aromatic rings. The first-order valence-electron chi connectivity index (χ1n) is 13.0. The second-order valence-electron chi connectivity index (χ2n) is 11.1. The van der Waals surface area contributed by atoms with Crippen molar-refractivity contribution in [1.82, 2.24) is 0 Å². The number of hydrogen-bond acceptors (Lipinski definition) is 4. The van der Waals surface area contributed by atoms with E-state index in [0.717, 1.165) is 61.5 Å². The summed E-state index contributed by atoms with van der Waals surface area (Å²) in [6.07, 6.45) is 14.1. The standard InChI is InChI=1S/C30H50O4/c1-22(2)19-26(33)20-24(4)12-8-11-23(3)13-9-16-29(6)28(14-10-18-31)27(25(5)21-32)15-17-30(29,7)34/h12-13,19,21,26,28,31,33-34H,8-11,14-18,20H2,1-7H3/b23-13+,24-12+,27-25-/t26-,28-,29+,30+/m0/s1. The highest BCUT2D eigenvalue weighted by Crippen LogP contribution is 2.55. The molecule has 4 atom stereocenters. The van der Waals surface area contributed by atoms with E-state index in [2.05, 4.69) is 32.9 Å². The molecule has 0 aromatic heterocycles. The topological polar surface area (TPSA) is 77.8 Å². The van der Waals surface area contributed by atoms with E-state index in [1.807, 2.05) is 33.8 Å². The molecule has 0 aliphatic heterocycles. The first kappa shape index (κ1) is 30.5. The van der Waals surface area contributed by atoms with Crippen LogP contribution in [0.15, 0.2) is 46.1 Å². The monoisotopic (exact) mass is 474 g/mol. The smallest absolute Gasteiger partial charge is 0.145 e. The SMILES string of the molecule is CC(C)=C[C@H](O)C/C(C)=C/CC/C(C)=C/CC[C@]1(C)[C@@H](CCCO)/C(=C(/C)C=O)CC[C@@]1(C)O. The van der Waals surface area contributed by atoms with Gasteiger partial charge in [0, 0.05) is 12.0 Å². The Labute approximate surface area is 208 Å². The lowest BCUT2D eigenvalue weighted by atomic mass is 9.54. The molecule has 194 valence electrons. The normalized spacial score (nSPS) is 28.5. The minimum atomic E-state index is -0.812. The van der Waals surface area contributed by atoms with Crippen molar-refractivity contribution in [2.24, 2.45) is 11.3 Å². The zero-order chi connectivity index (χ0) is 25.9. The van der Waals surface area contributed by atoms with Crippen molar-refractivity contribution in [3.63, 3.8) is 0 Å². The molecule has 1 aliphatic carbocycles. The number of aldehydes is 1. The molecule has 1 rings (SSSR count). The summed E-state index contributed by atoms with van der Waals surface area (Å²) in [6.45, 7) is 14.4. The third-order valence-corrected chi connectivity index (χ3v) is 7.88. The molecule has 1 fully saturated rings. The van der Waals surface area contributed by atoms with Gasteiger partial charge < -0.3 is 15.3 Å². The van der Waals surface area contributed by atoms with Crippen LogP contribution in [0.2, 0.25) is 0 Å². The summed E-state index contributed by atoms with van der Waals surface area (Å²) in [5.74, 6) is 0.0973. The molecule has 34 heavy (non-hydrogen) atoms. The zero-order valence-corrected chi connectivity index (χ0v) is 22.8. The maximum Gasteiger partial charge on any atom is 0.145 e. The van der Waals surface area contributed by atoms with E-state index in [4.69, 9.17) is 0 Å². The summed E-state index contributed by atoms with van der Waals surface area (Å²) in [7, 11) is 0. The van der Waals surface area contributed by atoms with E-state index < -0.39 is 11.7 Å². The molecule has 0 aromatic carbocycles. The number of aliphatic hydroxyl groups excluding tert-OH is 2. The first-order chi connectivity index (χ1) is 15.9. The highest BCUT2D eigenvalue weighted by atomic mass is 16.3. The minimum absolute atomic E-state index is 0.0973. The van der Waals surface area contributed by atoms with Gasteiger partial charge in [0.05, 0.1) is 11.7 Å². The Morgan fingerprint density at radius 3 is 2.32 bits per heavy atom. The Balaban J connectivity index is 2.85. The Morgan fingerprint density at radius 2 is 1.74 bits per heavy atom. The number of aliphatic hydroxyl groups is 3. The zero-order valence-electron chi connectivity index (χ0n) is 22.8. The predicted octanol–water partition coefficient (Wildman–Crippen LogP) is 6.61. The third kappa shape index (κ3) is 8.94. The summed E-state index contributed by atoms with van der Waals surface area (Å²) in [5.41, 5.74) is 4.46. The van der Waals surface area contributed by atoms with Gasteiger partial charge in [0.1, 0.15) is 6.29 Å². The van der Waals surface area contributed by atoms with E-state index in [1.165, 1.54) is 11.1 Å². The molecule has 1 aliphatic rings. The van der Waals surface area contributed by atoms with Crippen molar-refractivity contribution in [1.29, 1.82) is 0 Å². The predicted molar refractivity (Wildman–Crippen MR) is 143 cm³/mol. The van der Waals surface area contributed by atoms with E-state index in [0.29, 0.717) is 19.3 Å². The lowest BCUT2D eigenvalue weighted by Gasteiger charge is -2.53. The molecule has 3 N–H and O–H groups in total. The van der Waals surface area contributed by atoms with Gasteiger partial charge in [0.2, 0.25) is 0 Å². The number of carbonyl (C=O) groups excluding carboxylic acids is 1. The fraction of sp³-hybridized carbons (Fsp3) is 0.700. The molecule has 0 bridgehead atoms. The second-order valence-corrected chi connectivity index (χ2v) is 11.1. The molecular formula is C30H50O4. The quantitative estimate of drug-likeness (QED) is 0.159.